The lowest BCUT2D eigenvalue weighted by Crippen LogP contribution is -2.42. The Morgan fingerprint density at radius 2 is 2.18 bits per heavy atom. The molecule has 1 N–H and O–H groups in total. The zero-order valence-electron chi connectivity index (χ0n) is 10.6. The first-order chi connectivity index (χ1) is 7.90. The van der Waals surface area contributed by atoms with Gasteiger partial charge in [0.25, 0.3) is 0 Å². The predicted octanol–water partition coefficient (Wildman–Crippen LogP) is 2.50. The average molecular weight is 238 g/mol. The van der Waals surface area contributed by atoms with Gasteiger partial charge in [-0.05, 0) is 26.8 Å². The SMILES string of the molecule is C=CCN(c1ncc(F)cc1CO)C(C)(C)C. The van der Waals surface area contributed by atoms with Gasteiger partial charge in [-0.1, -0.05) is 6.08 Å². The predicted molar refractivity (Wildman–Crippen MR) is 67.4 cm³/mol. The first-order valence-corrected chi connectivity index (χ1v) is 5.54. The van der Waals surface area contributed by atoms with Crippen LogP contribution in [-0.2, 0) is 6.61 Å². The number of rotatable bonds is 4. The molecule has 0 spiro atoms. The van der Waals surface area contributed by atoms with Crippen LogP contribution < -0.4 is 4.90 Å². The normalized spacial score (nSPS) is 11.4. The molecule has 0 aliphatic rings. The van der Waals surface area contributed by atoms with Crippen molar-refractivity contribution in [3.8, 4) is 0 Å². The van der Waals surface area contributed by atoms with Crippen LogP contribution in [0.4, 0.5) is 10.2 Å². The Labute approximate surface area is 102 Å². The fraction of sp³-hybridized carbons (Fsp3) is 0.462. The standard InChI is InChI=1S/C13H19FN2O/c1-5-6-16(13(2,3)4)12-10(9-17)7-11(14)8-15-12/h5,7-8,17H,1,6,9H2,2-4H3. The van der Waals surface area contributed by atoms with Gasteiger partial charge in [0, 0.05) is 17.6 Å². The fourth-order valence-corrected chi connectivity index (χ4v) is 1.64. The second-order valence-electron chi connectivity index (χ2n) is 4.86. The van der Waals surface area contributed by atoms with Gasteiger partial charge in [0.15, 0.2) is 0 Å². The molecular formula is C13H19FN2O. The lowest BCUT2D eigenvalue weighted by Gasteiger charge is -2.37. The van der Waals surface area contributed by atoms with E-state index in [0.29, 0.717) is 17.9 Å². The van der Waals surface area contributed by atoms with Crippen molar-refractivity contribution in [2.75, 3.05) is 11.4 Å². The number of halogens is 1. The summed E-state index contributed by atoms with van der Waals surface area (Å²) < 4.78 is 13.1. The van der Waals surface area contributed by atoms with Crippen LogP contribution in [0.2, 0.25) is 0 Å². The summed E-state index contributed by atoms with van der Waals surface area (Å²) >= 11 is 0. The summed E-state index contributed by atoms with van der Waals surface area (Å²) in [5.74, 6) is 0.159. The largest absolute Gasteiger partial charge is 0.392 e. The van der Waals surface area contributed by atoms with E-state index in [1.807, 2.05) is 25.7 Å². The molecule has 0 aliphatic carbocycles. The van der Waals surface area contributed by atoms with E-state index in [2.05, 4.69) is 11.6 Å². The number of pyridine rings is 1. The minimum absolute atomic E-state index is 0.178. The molecule has 0 aliphatic heterocycles. The van der Waals surface area contributed by atoms with Crippen molar-refractivity contribution in [3.05, 3.63) is 36.3 Å². The zero-order chi connectivity index (χ0) is 13.1. The van der Waals surface area contributed by atoms with Crippen molar-refractivity contribution >= 4 is 5.82 Å². The maximum absolute atomic E-state index is 13.1. The molecule has 4 heteroatoms. The summed E-state index contributed by atoms with van der Waals surface area (Å²) in [4.78, 5) is 6.05. The highest BCUT2D eigenvalue weighted by Gasteiger charge is 2.23. The summed E-state index contributed by atoms with van der Waals surface area (Å²) in [5, 5.41) is 9.27. The van der Waals surface area contributed by atoms with E-state index in [-0.39, 0.29) is 12.1 Å². The van der Waals surface area contributed by atoms with Crippen LogP contribution in [-0.4, -0.2) is 22.2 Å². The van der Waals surface area contributed by atoms with Gasteiger partial charge >= 0.3 is 0 Å². The molecule has 0 aromatic carbocycles. The van der Waals surface area contributed by atoms with E-state index < -0.39 is 5.82 Å². The number of aliphatic hydroxyl groups excluding tert-OH is 1. The number of hydrogen-bond acceptors (Lipinski definition) is 3. The van der Waals surface area contributed by atoms with E-state index in [0.717, 1.165) is 6.20 Å². The number of nitrogens with zero attached hydrogens (tertiary/aromatic N) is 2. The molecule has 0 unspecified atom stereocenters. The van der Waals surface area contributed by atoms with Gasteiger partial charge in [0.1, 0.15) is 11.6 Å². The van der Waals surface area contributed by atoms with Crippen molar-refractivity contribution in [1.82, 2.24) is 4.98 Å². The Hall–Kier alpha value is -1.42. The molecule has 0 saturated heterocycles. The zero-order valence-corrected chi connectivity index (χ0v) is 10.6. The summed E-state index contributed by atoms with van der Waals surface area (Å²) in [6.45, 7) is 10.2. The van der Waals surface area contributed by atoms with Crippen molar-refractivity contribution in [1.29, 1.82) is 0 Å². The Morgan fingerprint density at radius 1 is 1.53 bits per heavy atom. The molecule has 0 atom stereocenters. The Bertz CT molecular complexity index is 399. The second-order valence-corrected chi connectivity index (χ2v) is 4.86. The van der Waals surface area contributed by atoms with E-state index >= 15 is 0 Å². The number of anilines is 1. The van der Waals surface area contributed by atoms with Gasteiger partial charge in [0.05, 0.1) is 12.8 Å². The highest BCUT2D eigenvalue weighted by molar-refractivity contribution is 5.49. The average Bonchev–Trinajstić information content (AvgIpc) is 2.25. The number of aliphatic hydroxyl groups is 1. The third-order valence-corrected chi connectivity index (χ3v) is 2.46. The van der Waals surface area contributed by atoms with Crippen LogP contribution in [0, 0.1) is 5.82 Å². The lowest BCUT2D eigenvalue weighted by atomic mass is 10.0. The van der Waals surface area contributed by atoms with Crippen LogP contribution in [0.15, 0.2) is 24.9 Å². The van der Waals surface area contributed by atoms with Gasteiger partial charge in [-0.15, -0.1) is 6.58 Å². The molecule has 0 fully saturated rings. The summed E-state index contributed by atoms with van der Waals surface area (Å²) in [6, 6.07) is 1.31. The van der Waals surface area contributed by atoms with Crippen molar-refractivity contribution in [3.63, 3.8) is 0 Å². The molecule has 94 valence electrons. The van der Waals surface area contributed by atoms with Gasteiger partial charge in [-0.3, -0.25) is 0 Å². The third-order valence-electron chi connectivity index (χ3n) is 2.46. The van der Waals surface area contributed by atoms with E-state index in [1.165, 1.54) is 6.07 Å². The summed E-state index contributed by atoms with van der Waals surface area (Å²) in [6.07, 6.45) is 2.92. The molecule has 3 nitrogen and oxygen atoms in total. The van der Waals surface area contributed by atoms with Gasteiger partial charge in [-0.25, -0.2) is 9.37 Å². The van der Waals surface area contributed by atoms with Crippen LogP contribution >= 0.6 is 0 Å². The van der Waals surface area contributed by atoms with E-state index in [4.69, 9.17) is 0 Å². The fourth-order valence-electron chi connectivity index (χ4n) is 1.64. The first-order valence-electron chi connectivity index (χ1n) is 5.54. The Morgan fingerprint density at radius 3 is 2.65 bits per heavy atom. The topological polar surface area (TPSA) is 36.4 Å². The molecule has 1 aromatic heterocycles. The van der Waals surface area contributed by atoms with E-state index in [9.17, 15) is 9.50 Å². The van der Waals surface area contributed by atoms with Crippen molar-refractivity contribution in [2.24, 2.45) is 0 Å². The van der Waals surface area contributed by atoms with Gasteiger partial charge in [-0.2, -0.15) is 0 Å². The Kier molecular flexibility index (Phi) is 4.23. The van der Waals surface area contributed by atoms with Crippen LogP contribution in [0.3, 0.4) is 0 Å². The molecule has 0 amide bonds. The molecule has 1 heterocycles. The van der Waals surface area contributed by atoms with Gasteiger partial charge in [0.2, 0.25) is 0 Å². The smallest absolute Gasteiger partial charge is 0.142 e. The van der Waals surface area contributed by atoms with Crippen LogP contribution in [0.25, 0.3) is 0 Å². The molecule has 0 bridgehead atoms. The highest BCUT2D eigenvalue weighted by atomic mass is 19.1. The van der Waals surface area contributed by atoms with Crippen LogP contribution in [0.1, 0.15) is 26.3 Å². The quantitative estimate of drug-likeness (QED) is 0.819. The van der Waals surface area contributed by atoms with Crippen molar-refractivity contribution in [2.45, 2.75) is 32.9 Å². The lowest BCUT2D eigenvalue weighted by molar-refractivity contribution is 0.280. The molecule has 1 rings (SSSR count). The van der Waals surface area contributed by atoms with E-state index in [1.54, 1.807) is 6.08 Å². The number of aromatic nitrogens is 1. The number of hydrogen-bond donors (Lipinski definition) is 1. The van der Waals surface area contributed by atoms with Crippen molar-refractivity contribution < 1.29 is 9.50 Å². The molecule has 1 aromatic rings. The second kappa shape index (κ2) is 5.27. The van der Waals surface area contributed by atoms with Gasteiger partial charge < -0.3 is 10.0 Å². The minimum Gasteiger partial charge on any atom is -0.392 e. The monoisotopic (exact) mass is 238 g/mol. The summed E-state index contributed by atoms with van der Waals surface area (Å²) in [5.41, 5.74) is 0.310. The Balaban J connectivity index is 3.22. The minimum atomic E-state index is -0.440. The third kappa shape index (κ3) is 3.27. The first kappa shape index (κ1) is 13.6. The van der Waals surface area contributed by atoms with Crippen LogP contribution in [0.5, 0.6) is 0 Å². The maximum Gasteiger partial charge on any atom is 0.142 e. The molecular weight excluding hydrogens is 219 g/mol. The maximum atomic E-state index is 13.1. The molecule has 0 radical (unpaired) electrons. The molecule has 0 saturated carbocycles. The molecule has 17 heavy (non-hydrogen) atoms. The highest BCUT2D eigenvalue weighted by Crippen LogP contribution is 2.25. The summed E-state index contributed by atoms with van der Waals surface area (Å²) in [7, 11) is 0.